The summed E-state index contributed by atoms with van der Waals surface area (Å²) in [6, 6.07) is 11.8. The molecular weight excluding hydrogens is 402 g/mol. The summed E-state index contributed by atoms with van der Waals surface area (Å²) in [5.41, 5.74) is 6.16. The van der Waals surface area contributed by atoms with E-state index in [4.69, 9.17) is 0 Å². The van der Waals surface area contributed by atoms with E-state index in [0.29, 0.717) is 11.3 Å². The van der Waals surface area contributed by atoms with Crippen LogP contribution in [-0.4, -0.2) is 30.3 Å². The van der Waals surface area contributed by atoms with Crippen molar-refractivity contribution in [1.29, 1.82) is 5.26 Å². The third-order valence-electron chi connectivity index (χ3n) is 5.22. The number of fused-ring (bicyclic) bond motifs is 2. The molecule has 5 rings (SSSR count). The van der Waals surface area contributed by atoms with Crippen LogP contribution >= 0.6 is 0 Å². The minimum atomic E-state index is -0.277. The highest BCUT2D eigenvalue weighted by Crippen LogP contribution is 2.33. The molecule has 4 aromatic heterocycles. The number of hydrogen-bond acceptors (Lipinski definition) is 5. The Morgan fingerprint density at radius 1 is 1.09 bits per heavy atom. The molecule has 8 heteroatoms. The average Bonchev–Trinajstić information content (AvgIpc) is 3.44. The second-order valence-electron chi connectivity index (χ2n) is 7.33. The third-order valence-corrected chi connectivity index (χ3v) is 5.22. The van der Waals surface area contributed by atoms with E-state index < -0.39 is 0 Å². The average molecular weight is 419 g/mol. The van der Waals surface area contributed by atoms with Crippen molar-refractivity contribution in [1.82, 2.24) is 24.4 Å². The van der Waals surface area contributed by atoms with Crippen LogP contribution in [0.5, 0.6) is 0 Å². The Labute approximate surface area is 183 Å². The van der Waals surface area contributed by atoms with Gasteiger partial charge in [0.15, 0.2) is 0 Å². The van der Waals surface area contributed by atoms with E-state index in [2.05, 4.69) is 33.1 Å². The number of carbonyl (C=O) groups is 1. The van der Waals surface area contributed by atoms with Gasteiger partial charge in [0.1, 0.15) is 6.07 Å². The van der Waals surface area contributed by atoms with E-state index in [1.807, 2.05) is 49.8 Å². The first-order chi connectivity index (χ1) is 15.6. The van der Waals surface area contributed by atoms with Gasteiger partial charge in [-0.1, -0.05) is 12.6 Å². The molecule has 154 valence electrons. The molecule has 0 atom stereocenters. The fourth-order valence-corrected chi connectivity index (χ4v) is 3.69. The maximum absolute atomic E-state index is 11.6. The zero-order chi connectivity index (χ0) is 22.2. The number of amides is 1. The summed E-state index contributed by atoms with van der Waals surface area (Å²) >= 11 is 0. The van der Waals surface area contributed by atoms with Gasteiger partial charge in [-0.25, -0.2) is 4.52 Å². The van der Waals surface area contributed by atoms with Gasteiger partial charge < -0.3 is 5.32 Å². The van der Waals surface area contributed by atoms with Crippen molar-refractivity contribution in [2.45, 2.75) is 0 Å². The fraction of sp³-hybridized carbons (Fsp3) is 0.0417. The summed E-state index contributed by atoms with van der Waals surface area (Å²) in [5.74, 6) is -0.277. The molecule has 0 spiro atoms. The van der Waals surface area contributed by atoms with Crippen molar-refractivity contribution in [2.75, 3.05) is 5.32 Å². The standard InChI is InChI=1S/C24H17N7O/c1-3-23(32)29-20-5-4-15-6-16(10-26-22(15)8-20)21-7-17(19-12-27-30(2)13-19)14-31-24(21)18(9-25)11-28-31/h3-8,10-14H,1H2,2H3,(H,29,32). The van der Waals surface area contributed by atoms with Crippen LogP contribution in [0.3, 0.4) is 0 Å². The molecule has 0 aliphatic heterocycles. The summed E-state index contributed by atoms with van der Waals surface area (Å²) in [7, 11) is 1.86. The number of rotatable bonds is 4. The fourth-order valence-electron chi connectivity index (χ4n) is 3.69. The zero-order valence-corrected chi connectivity index (χ0v) is 17.1. The Balaban J connectivity index is 1.68. The molecule has 8 nitrogen and oxygen atoms in total. The van der Waals surface area contributed by atoms with E-state index in [1.54, 1.807) is 27.8 Å². The van der Waals surface area contributed by atoms with Crippen molar-refractivity contribution < 1.29 is 4.79 Å². The number of nitrogens with one attached hydrogen (secondary N) is 1. The van der Waals surface area contributed by atoms with Crippen LogP contribution in [0.2, 0.25) is 0 Å². The lowest BCUT2D eigenvalue weighted by molar-refractivity contribution is -0.111. The van der Waals surface area contributed by atoms with Crippen molar-refractivity contribution in [2.24, 2.45) is 7.05 Å². The van der Waals surface area contributed by atoms with Gasteiger partial charge >= 0.3 is 0 Å². The van der Waals surface area contributed by atoms with Gasteiger partial charge in [0.2, 0.25) is 5.91 Å². The number of aryl methyl sites for hydroxylation is 1. The molecule has 0 saturated carbocycles. The van der Waals surface area contributed by atoms with E-state index in [-0.39, 0.29) is 5.91 Å². The molecule has 1 N–H and O–H groups in total. The molecule has 1 aromatic carbocycles. The van der Waals surface area contributed by atoms with Gasteiger partial charge in [0, 0.05) is 59.0 Å². The topological polar surface area (TPSA) is 101 Å². The molecule has 0 bridgehead atoms. The maximum atomic E-state index is 11.6. The minimum absolute atomic E-state index is 0.277. The molecular formula is C24H17N7O. The quantitative estimate of drug-likeness (QED) is 0.445. The maximum Gasteiger partial charge on any atom is 0.247 e. The summed E-state index contributed by atoms with van der Waals surface area (Å²) in [6.07, 6.45) is 10.2. The molecule has 0 aliphatic carbocycles. The Bertz CT molecular complexity index is 1570. The van der Waals surface area contributed by atoms with Crippen molar-refractivity contribution in [3.05, 3.63) is 79.5 Å². The first kappa shape index (κ1) is 19.2. The number of aromatic nitrogens is 5. The zero-order valence-electron chi connectivity index (χ0n) is 17.1. The van der Waals surface area contributed by atoms with E-state index in [0.717, 1.165) is 38.7 Å². The largest absolute Gasteiger partial charge is 0.322 e. The van der Waals surface area contributed by atoms with E-state index in [9.17, 15) is 10.1 Å². The van der Waals surface area contributed by atoms with E-state index in [1.165, 1.54) is 6.08 Å². The molecule has 0 radical (unpaired) electrons. The smallest absolute Gasteiger partial charge is 0.247 e. The Hall–Kier alpha value is -4.77. The predicted octanol–water partition coefficient (Wildman–Crippen LogP) is 3.95. The highest BCUT2D eigenvalue weighted by Gasteiger charge is 2.15. The molecule has 1 amide bonds. The SMILES string of the molecule is C=CC(=O)Nc1ccc2cc(-c3cc(-c4cnn(C)c4)cn4ncc(C#N)c34)cnc2c1. The highest BCUT2D eigenvalue weighted by atomic mass is 16.1. The van der Waals surface area contributed by atoms with Crippen LogP contribution in [0, 0.1) is 11.3 Å². The van der Waals surface area contributed by atoms with Crippen molar-refractivity contribution >= 4 is 28.0 Å². The lowest BCUT2D eigenvalue weighted by atomic mass is 10.00. The van der Waals surface area contributed by atoms with Gasteiger partial charge in [-0.15, -0.1) is 0 Å². The number of benzene rings is 1. The van der Waals surface area contributed by atoms with Crippen LogP contribution in [0.25, 0.3) is 38.7 Å². The van der Waals surface area contributed by atoms with Gasteiger partial charge in [-0.2, -0.15) is 15.5 Å². The molecule has 0 unspecified atom stereocenters. The number of nitrogens with zero attached hydrogens (tertiary/aromatic N) is 6. The number of nitriles is 1. The van der Waals surface area contributed by atoms with Crippen LogP contribution in [-0.2, 0) is 11.8 Å². The van der Waals surface area contributed by atoms with Crippen LogP contribution < -0.4 is 5.32 Å². The monoisotopic (exact) mass is 419 g/mol. The van der Waals surface area contributed by atoms with E-state index >= 15 is 0 Å². The summed E-state index contributed by atoms with van der Waals surface area (Å²) in [4.78, 5) is 16.2. The normalized spacial score (nSPS) is 10.9. The first-order valence-corrected chi connectivity index (χ1v) is 9.80. The number of pyridine rings is 2. The van der Waals surface area contributed by atoms with Crippen LogP contribution in [0.4, 0.5) is 5.69 Å². The predicted molar refractivity (Wildman–Crippen MR) is 122 cm³/mol. The van der Waals surface area contributed by atoms with Gasteiger partial charge in [-0.3, -0.25) is 14.5 Å². The summed E-state index contributed by atoms with van der Waals surface area (Å²) < 4.78 is 3.46. The molecule has 5 aromatic rings. The Kier molecular flexibility index (Phi) is 4.49. The summed E-state index contributed by atoms with van der Waals surface area (Å²) in [5, 5.41) is 21.9. The minimum Gasteiger partial charge on any atom is -0.322 e. The van der Waals surface area contributed by atoms with Crippen LogP contribution in [0.15, 0.2) is 74.0 Å². The summed E-state index contributed by atoms with van der Waals surface area (Å²) in [6.45, 7) is 3.47. The number of anilines is 1. The molecule has 0 fully saturated rings. The molecule has 4 heterocycles. The Morgan fingerprint density at radius 3 is 2.72 bits per heavy atom. The second kappa shape index (κ2) is 7.49. The van der Waals surface area contributed by atoms with Gasteiger partial charge in [0.25, 0.3) is 0 Å². The van der Waals surface area contributed by atoms with Gasteiger partial charge in [0.05, 0.1) is 29.0 Å². The first-order valence-electron chi connectivity index (χ1n) is 9.80. The number of hydrogen-bond donors (Lipinski definition) is 1. The lowest BCUT2D eigenvalue weighted by Crippen LogP contribution is -2.06. The molecule has 0 saturated heterocycles. The van der Waals surface area contributed by atoms with Crippen molar-refractivity contribution in [3.63, 3.8) is 0 Å². The third kappa shape index (κ3) is 3.28. The number of carbonyl (C=O) groups excluding carboxylic acids is 1. The molecule has 0 aliphatic rings. The second-order valence-corrected chi connectivity index (χ2v) is 7.33. The highest BCUT2D eigenvalue weighted by molar-refractivity contribution is 6.00. The van der Waals surface area contributed by atoms with Crippen LogP contribution in [0.1, 0.15) is 5.56 Å². The lowest BCUT2D eigenvalue weighted by Gasteiger charge is -2.10. The van der Waals surface area contributed by atoms with Gasteiger partial charge in [-0.05, 0) is 30.3 Å². The Morgan fingerprint density at radius 2 is 1.97 bits per heavy atom. The molecule has 32 heavy (non-hydrogen) atoms. The van der Waals surface area contributed by atoms with Crippen molar-refractivity contribution in [3.8, 4) is 28.3 Å².